The highest BCUT2D eigenvalue weighted by Crippen LogP contribution is 2.20. The fraction of sp³-hybridized carbons (Fsp3) is 0.0833. The third kappa shape index (κ3) is 2.63. The van der Waals surface area contributed by atoms with Gasteiger partial charge in [0, 0.05) is 5.69 Å². The topological polar surface area (TPSA) is 77.0 Å². The Labute approximate surface area is 98.5 Å². The summed E-state index contributed by atoms with van der Waals surface area (Å²) in [6, 6.07) is 8.00. The van der Waals surface area contributed by atoms with E-state index >= 15 is 0 Å². The molecule has 5 N–H and O–H groups in total. The molecule has 88 valence electrons. The number of nitrogen functional groups attached to an aromatic ring is 2. The molecule has 0 saturated heterocycles. The van der Waals surface area contributed by atoms with Crippen molar-refractivity contribution in [2.75, 3.05) is 16.8 Å². The predicted octanol–water partition coefficient (Wildman–Crippen LogP) is 2.44. The number of aryl methyl sites for hydroxylation is 1. The molecule has 0 amide bonds. The minimum Gasteiger partial charge on any atom is -0.396 e. The van der Waals surface area contributed by atoms with E-state index in [4.69, 9.17) is 11.5 Å². The van der Waals surface area contributed by atoms with Crippen LogP contribution in [0.25, 0.3) is 0 Å². The van der Waals surface area contributed by atoms with Gasteiger partial charge in [0.15, 0.2) is 0 Å². The SMILES string of the molecule is Cc1cc(F)cc(Nc2ccc(N)c(N)n2)c1. The van der Waals surface area contributed by atoms with Gasteiger partial charge in [-0.05, 0) is 42.8 Å². The molecule has 1 heterocycles. The summed E-state index contributed by atoms with van der Waals surface area (Å²) in [6.07, 6.45) is 0. The molecule has 17 heavy (non-hydrogen) atoms. The van der Waals surface area contributed by atoms with Crippen molar-refractivity contribution in [3.8, 4) is 0 Å². The maximum Gasteiger partial charge on any atom is 0.149 e. The van der Waals surface area contributed by atoms with E-state index < -0.39 is 0 Å². The Kier molecular flexibility index (Phi) is 2.82. The molecule has 0 radical (unpaired) electrons. The molecule has 0 saturated carbocycles. The molecule has 2 aromatic rings. The molecule has 0 aliphatic heterocycles. The number of hydrogen-bond donors (Lipinski definition) is 3. The fourth-order valence-corrected chi connectivity index (χ4v) is 1.51. The van der Waals surface area contributed by atoms with E-state index in [9.17, 15) is 4.39 Å². The first-order chi connectivity index (χ1) is 8.04. The Morgan fingerprint density at radius 2 is 1.94 bits per heavy atom. The zero-order valence-corrected chi connectivity index (χ0v) is 9.37. The third-order valence-electron chi connectivity index (χ3n) is 2.27. The number of pyridine rings is 1. The Morgan fingerprint density at radius 3 is 2.59 bits per heavy atom. The van der Waals surface area contributed by atoms with Crippen molar-refractivity contribution in [3.63, 3.8) is 0 Å². The van der Waals surface area contributed by atoms with E-state index in [1.165, 1.54) is 12.1 Å². The second kappa shape index (κ2) is 4.29. The average Bonchev–Trinajstić information content (AvgIpc) is 2.22. The number of aromatic nitrogens is 1. The summed E-state index contributed by atoms with van der Waals surface area (Å²) >= 11 is 0. The largest absolute Gasteiger partial charge is 0.396 e. The normalized spacial score (nSPS) is 10.2. The molecule has 2 rings (SSSR count). The molecule has 5 heteroatoms. The van der Waals surface area contributed by atoms with Gasteiger partial charge in [-0.1, -0.05) is 0 Å². The van der Waals surface area contributed by atoms with E-state index in [-0.39, 0.29) is 11.6 Å². The number of hydrogen-bond acceptors (Lipinski definition) is 4. The predicted molar refractivity (Wildman–Crippen MR) is 67.5 cm³/mol. The minimum atomic E-state index is -0.295. The van der Waals surface area contributed by atoms with Crippen LogP contribution in [0.5, 0.6) is 0 Å². The zero-order valence-electron chi connectivity index (χ0n) is 9.37. The van der Waals surface area contributed by atoms with Crippen LogP contribution in [0.3, 0.4) is 0 Å². The van der Waals surface area contributed by atoms with Crippen LogP contribution in [0, 0.1) is 12.7 Å². The summed E-state index contributed by atoms with van der Waals surface area (Å²) in [4.78, 5) is 4.05. The first kappa shape index (κ1) is 11.2. The highest BCUT2D eigenvalue weighted by Gasteiger charge is 2.02. The highest BCUT2D eigenvalue weighted by molar-refractivity contribution is 5.65. The molecule has 0 fully saturated rings. The van der Waals surface area contributed by atoms with Crippen LogP contribution in [-0.2, 0) is 0 Å². The van der Waals surface area contributed by atoms with Crippen LogP contribution in [-0.4, -0.2) is 4.98 Å². The molecule has 0 bridgehead atoms. The summed E-state index contributed by atoms with van der Waals surface area (Å²) in [5, 5.41) is 2.97. The summed E-state index contributed by atoms with van der Waals surface area (Å²) in [7, 11) is 0. The van der Waals surface area contributed by atoms with E-state index in [0.29, 0.717) is 17.2 Å². The first-order valence-electron chi connectivity index (χ1n) is 5.11. The molecule has 0 aliphatic rings. The van der Waals surface area contributed by atoms with Crippen molar-refractivity contribution >= 4 is 23.0 Å². The number of rotatable bonds is 2. The molecule has 0 atom stereocenters. The quantitative estimate of drug-likeness (QED) is 0.743. The first-order valence-corrected chi connectivity index (χ1v) is 5.11. The number of anilines is 4. The van der Waals surface area contributed by atoms with Gasteiger partial charge in [0.05, 0.1) is 5.69 Å². The fourth-order valence-electron chi connectivity index (χ4n) is 1.51. The standard InChI is InChI=1S/C12H13FN4/c1-7-4-8(13)6-9(5-7)16-11-3-2-10(14)12(15)17-11/h2-6H,14H2,1H3,(H3,15,16,17). The van der Waals surface area contributed by atoms with E-state index in [2.05, 4.69) is 10.3 Å². The summed E-state index contributed by atoms with van der Waals surface area (Å²) in [6.45, 7) is 1.82. The Bertz CT molecular complexity index is 534. The van der Waals surface area contributed by atoms with Gasteiger partial charge in [0.2, 0.25) is 0 Å². The molecule has 1 aromatic carbocycles. The maximum atomic E-state index is 13.2. The molecular formula is C12H13FN4. The van der Waals surface area contributed by atoms with E-state index in [1.807, 2.05) is 13.0 Å². The van der Waals surface area contributed by atoms with Crippen LogP contribution in [0.1, 0.15) is 5.56 Å². The van der Waals surface area contributed by atoms with Gasteiger partial charge < -0.3 is 16.8 Å². The van der Waals surface area contributed by atoms with Gasteiger partial charge in [-0.3, -0.25) is 0 Å². The second-order valence-electron chi connectivity index (χ2n) is 3.81. The lowest BCUT2D eigenvalue weighted by Gasteiger charge is -2.08. The van der Waals surface area contributed by atoms with Crippen molar-refractivity contribution in [1.82, 2.24) is 4.98 Å². The minimum absolute atomic E-state index is 0.253. The third-order valence-corrected chi connectivity index (χ3v) is 2.27. The van der Waals surface area contributed by atoms with Crippen LogP contribution in [0.15, 0.2) is 30.3 Å². The van der Waals surface area contributed by atoms with Crippen LogP contribution in [0.4, 0.5) is 27.4 Å². The second-order valence-corrected chi connectivity index (χ2v) is 3.81. The van der Waals surface area contributed by atoms with Gasteiger partial charge in [-0.15, -0.1) is 0 Å². The van der Waals surface area contributed by atoms with Gasteiger partial charge in [-0.2, -0.15) is 0 Å². The van der Waals surface area contributed by atoms with E-state index in [0.717, 1.165) is 5.56 Å². The maximum absolute atomic E-state index is 13.2. The smallest absolute Gasteiger partial charge is 0.149 e. The lowest BCUT2D eigenvalue weighted by atomic mass is 10.2. The Hall–Kier alpha value is -2.30. The molecule has 0 spiro atoms. The summed E-state index contributed by atoms with van der Waals surface area (Å²) < 4.78 is 13.2. The Morgan fingerprint density at radius 1 is 1.18 bits per heavy atom. The zero-order chi connectivity index (χ0) is 12.4. The van der Waals surface area contributed by atoms with Gasteiger partial charge in [0.25, 0.3) is 0 Å². The van der Waals surface area contributed by atoms with Gasteiger partial charge in [-0.25, -0.2) is 9.37 Å². The van der Waals surface area contributed by atoms with Crippen molar-refractivity contribution in [1.29, 1.82) is 0 Å². The number of nitrogens with two attached hydrogens (primary N) is 2. The number of benzene rings is 1. The summed E-state index contributed by atoms with van der Waals surface area (Å²) in [5.41, 5.74) is 13.0. The molecular weight excluding hydrogens is 219 g/mol. The van der Waals surface area contributed by atoms with Crippen LogP contribution in [0.2, 0.25) is 0 Å². The van der Waals surface area contributed by atoms with Crippen LogP contribution < -0.4 is 16.8 Å². The van der Waals surface area contributed by atoms with Crippen molar-refractivity contribution in [2.24, 2.45) is 0 Å². The van der Waals surface area contributed by atoms with Crippen LogP contribution >= 0.6 is 0 Å². The number of nitrogens with zero attached hydrogens (tertiary/aromatic N) is 1. The van der Waals surface area contributed by atoms with Crippen molar-refractivity contribution < 1.29 is 4.39 Å². The highest BCUT2D eigenvalue weighted by atomic mass is 19.1. The van der Waals surface area contributed by atoms with Gasteiger partial charge in [0.1, 0.15) is 17.5 Å². The Balaban J connectivity index is 2.28. The monoisotopic (exact) mass is 232 g/mol. The molecule has 1 aromatic heterocycles. The van der Waals surface area contributed by atoms with Crippen molar-refractivity contribution in [3.05, 3.63) is 41.7 Å². The number of halogens is 1. The van der Waals surface area contributed by atoms with Gasteiger partial charge >= 0.3 is 0 Å². The lowest BCUT2D eigenvalue weighted by Crippen LogP contribution is -2.01. The summed E-state index contributed by atoms with van der Waals surface area (Å²) in [5.74, 6) is 0.487. The average molecular weight is 232 g/mol. The number of nitrogens with one attached hydrogen (secondary N) is 1. The lowest BCUT2D eigenvalue weighted by molar-refractivity contribution is 0.627. The molecule has 4 nitrogen and oxygen atoms in total. The molecule has 0 aliphatic carbocycles. The van der Waals surface area contributed by atoms with E-state index in [1.54, 1.807) is 12.1 Å². The molecule has 0 unspecified atom stereocenters. The van der Waals surface area contributed by atoms with Crippen molar-refractivity contribution in [2.45, 2.75) is 6.92 Å².